The number of nitrogens with two attached hydrogens (primary N) is 1. The average molecular weight is 212 g/mol. The van der Waals surface area contributed by atoms with Gasteiger partial charge in [-0.2, -0.15) is 0 Å². The molecule has 2 saturated carbocycles. The fraction of sp³-hybridized carbons (Fsp3) is 0.800. The lowest BCUT2D eigenvalue weighted by molar-refractivity contribution is -0.125. The van der Waals surface area contributed by atoms with Gasteiger partial charge in [-0.15, -0.1) is 0 Å². The van der Waals surface area contributed by atoms with Crippen LogP contribution in [0.25, 0.3) is 0 Å². The third kappa shape index (κ3) is 2.61. The largest absolute Gasteiger partial charge is 0.448 e. The van der Waals surface area contributed by atoms with Crippen LogP contribution in [-0.2, 0) is 9.53 Å². The van der Waals surface area contributed by atoms with Crippen molar-refractivity contribution < 1.29 is 14.3 Å². The maximum absolute atomic E-state index is 11.6. The maximum atomic E-state index is 11.6. The monoisotopic (exact) mass is 212 g/mol. The third-order valence-electron chi connectivity index (χ3n) is 3.26. The Labute approximate surface area is 88.3 Å². The minimum absolute atomic E-state index is 0.0928. The lowest BCUT2D eigenvalue weighted by Gasteiger charge is -2.11. The standard InChI is InChI=1S/C10H16N2O3/c11-10(14)15-2-1-12-9(13)8-4-6-3-7(6)5-8/h6-8H,1-5H2,(H2,11,14)(H,12,13). The summed E-state index contributed by atoms with van der Waals surface area (Å²) in [5, 5.41) is 2.75. The third-order valence-corrected chi connectivity index (χ3v) is 3.26. The van der Waals surface area contributed by atoms with E-state index in [4.69, 9.17) is 5.73 Å². The summed E-state index contributed by atoms with van der Waals surface area (Å²) < 4.78 is 4.51. The number of ether oxygens (including phenoxy) is 1. The zero-order valence-corrected chi connectivity index (χ0v) is 8.57. The summed E-state index contributed by atoms with van der Waals surface area (Å²) in [6.07, 6.45) is 2.58. The Kier molecular flexibility index (Phi) is 2.79. The first kappa shape index (κ1) is 10.3. The molecule has 5 nitrogen and oxygen atoms in total. The van der Waals surface area contributed by atoms with Crippen LogP contribution in [-0.4, -0.2) is 25.2 Å². The van der Waals surface area contributed by atoms with Gasteiger partial charge in [0.25, 0.3) is 0 Å². The first-order valence-electron chi connectivity index (χ1n) is 5.36. The van der Waals surface area contributed by atoms with E-state index in [-0.39, 0.29) is 18.4 Å². The quantitative estimate of drug-likeness (QED) is 0.655. The van der Waals surface area contributed by atoms with Crippen molar-refractivity contribution in [2.24, 2.45) is 23.5 Å². The fourth-order valence-electron chi connectivity index (χ4n) is 2.40. The Morgan fingerprint density at radius 1 is 1.27 bits per heavy atom. The Balaban J connectivity index is 1.58. The molecule has 0 radical (unpaired) electrons. The molecule has 0 aromatic carbocycles. The molecule has 0 heterocycles. The summed E-state index contributed by atoms with van der Waals surface area (Å²) in [5.74, 6) is 1.89. The van der Waals surface area contributed by atoms with Crippen LogP contribution >= 0.6 is 0 Å². The Morgan fingerprint density at radius 3 is 2.53 bits per heavy atom. The number of hydrogen-bond acceptors (Lipinski definition) is 3. The van der Waals surface area contributed by atoms with Gasteiger partial charge in [-0.25, -0.2) is 4.79 Å². The molecule has 0 aromatic rings. The van der Waals surface area contributed by atoms with Gasteiger partial charge in [0.2, 0.25) is 5.91 Å². The van der Waals surface area contributed by atoms with Gasteiger partial charge < -0.3 is 15.8 Å². The molecule has 2 aliphatic rings. The van der Waals surface area contributed by atoms with E-state index in [1.54, 1.807) is 0 Å². The summed E-state index contributed by atoms with van der Waals surface area (Å²) >= 11 is 0. The van der Waals surface area contributed by atoms with Crippen LogP contribution in [0.3, 0.4) is 0 Å². The van der Waals surface area contributed by atoms with E-state index in [9.17, 15) is 9.59 Å². The predicted molar refractivity (Wildman–Crippen MR) is 52.9 cm³/mol. The second-order valence-corrected chi connectivity index (χ2v) is 4.38. The molecule has 15 heavy (non-hydrogen) atoms. The highest BCUT2D eigenvalue weighted by Crippen LogP contribution is 2.54. The van der Waals surface area contributed by atoms with E-state index in [0.717, 1.165) is 24.7 Å². The van der Waals surface area contributed by atoms with Gasteiger partial charge in [0.05, 0.1) is 6.54 Å². The second-order valence-electron chi connectivity index (χ2n) is 4.38. The SMILES string of the molecule is NC(=O)OCCNC(=O)C1CC2CC2C1. The number of carbonyl (C=O) groups is 2. The Morgan fingerprint density at radius 2 is 1.93 bits per heavy atom. The molecule has 2 amide bonds. The van der Waals surface area contributed by atoms with Crippen LogP contribution in [0.15, 0.2) is 0 Å². The number of hydrogen-bond donors (Lipinski definition) is 2. The zero-order valence-electron chi connectivity index (χ0n) is 8.57. The van der Waals surface area contributed by atoms with Crippen molar-refractivity contribution in [3.05, 3.63) is 0 Å². The van der Waals surface area contributed by atoms with Gasteiger partial charge in [0, 0.05) is 5.92 Å². The molecule has 2 rings (SSSR count). The predicted octanol–water partition coefficient (Wildman–Crippen LogP) is 0.244. The fourth-order valence-corrected chi connectivity index (χ4v) is 2.40. The molecule has 3 N–H and O–H groups in total. The van der Waals surface area contributed by atoms with Crippen LogP contribution in [0.1, 0.15) is 19.3 Å². The Hall–Kier alpha value is -1.26. The number of nitrogens with one attached hydrogen (secondary N) is 1. The van der Waals surface area contributed by atoms with E-state index in [1.165, 1.54) is 6.42 Å². The molecule has 2 unspecified atom stereocenters. The van der Waals surface area contributed by atoms with Crippen LogP contribution in [0.2, 0.25) is 0 Å². The van der Waals surface area contributed by atoms with Crippen molar-refractivity contribution in [1.82, 2.24) is 5.32 Å². The number of amides is 2. The van der Waals surface area contributed by atoms with Crippen molar-refractivity contribution in [2.75, 3.05) is 13.2 Å². The van der Waals surface area contributed by atoms with Crippen molar-refractivity contribution in [1.29, 1.82) is 0 Å². The van der Waals surface area contributed by atoms with Gasteiger partial charge in [-0.1, -0.05) is 0 Å². The summed E-state index contributed by atoms with van der Waals surface area (Å²) in [7, 11) is 0. The summed E-state index contributed by atoms with van der Waals surface area (Å²) in [6.45, 7) is 0.508. The lowest BCUT2D eigenvalue weighted by Crippen LogP contribution is -2.33. The van der Waals surface area contributed by atoms with Gasteiger partial charge >= 0.3 is 6.09 Å². The van der Waals surface area contributed by atoms with E-state index >= 15 is 0 Å². The Bertz CT molecular complexity index is 270. The smallest absolute Gasteiger partial charge is 0.404 e. The summed E-state index contributed by atoms with van der Waals surface area (Å²) in [4.78, 5) is 21.8. The van der Waals surface area contributed by atoms with Crippen molar-refractivity contribution >= 4 is 12.0 Å². The second kappa shape index (κ2) is 4.08. The van der Waals surface area contributed by atoms with E-state index < -0.39 is 6.09 Å². The minimum Gasteiger partial charge on any atom is -0.448 e. The van der Waals surface area contributed by atoms with Gasteiger partial charge in [-0.05, 0) is 31.1 Å². The van der Waals surface area contributed by atoms with Crippen molar-refractivity contribution in [3.63, 3.8) is 0 Å². The van der Waals surface area contributed by atoms with Crippen LogP contribution in [0, 0.1) is 17.8 Å². The molecule has 0 aromatic heterocycles. The minimum atomic E-state index is -0.800. The van der Waals surface area contributed by atoms with Crippen LogP contribution in [0.5, 0.6) is 0 Å². The number of fused-ring (bicyclic) bond motifs is 1. The van der Waals surface area contributed by atoms with Gasteiger partial charge in [0.1, 0.15) is 6.61 Å². The molecule has 5 heteroatoms. The summed E-state index contributed by atoms with van der Waals surface area (Å²) in [6, 6.07) is 0. The van der Waals surface area contributed by atoms with E-state index in [2.05, 4.69) is 10.1 Å². The highest BCUT2D eigenvalue weighted by atomic mass is 16.5. The lowest BCUT2D eigenvalue weighted by atomic mass is 10.0. The maximum Gasteiger partial charge on any atom is 0.404 e. The molecule has 0 aliphatic heterocycles. The zero-order chi connectivity index (χ0) is 10.8. The molecule has 0 saturated heterocycles. The highest BCUT2D eigenvalue weighted by Gasteiger charge is 2.47. The first-order valence-corrected chi connectivity index (χ1v) is 5.36. The molecular formula is C10H16N2O3. The van der Waals surface area contributed by atoms with Crippen LogP contribution in [0.4, 0.5) is 4.79 Å². The van der Waals surface area contributed by atoms with Crippen molar-refractivity contribution in [3.8, 4) is 0 Å². The molecule has 84 valence electrons. The number of carbonyl (C=O) groups excluding carboxylic acids is 2. The average Bonchev–Trinajstić information content (AvgIpc) is 2.80. The first-order chi connectivity index (χ1) is 7.16. The highest BCUT2D eigenvalue weighted by molar-refractivity contribution is 5.79. The molecule has 2 fully saturated rings. The van der Waals surface area contributed by atoms with Crippen molar-refractivity contribution in [2.45, 2.75) is 19.3 Å². The molecule has 2 aliphatic carbocycles. The van der Waals surface area contributed by atoms with Gasteiger partial charge in [-0.3, -0.25) is 4.79 Å². The normalized spacial score (nSPS) is 31.9. The molecule has 2 atom stereocenters. The van der Waals surface area contributed by atoms with E-state index in [1.807, 2.05) is 0 Å². The molecular weight excluding hydrogens is 196 g/mol. The molecule has 0 bridgehead atoms. The van der Waals surface area contributed by atoms with Gasteiger partial charge in [0.15, 0.2) is 0 Å². The molecule has 0 spiro atoms. The number of rotatable bonds is 4. The summed E-state index contributed by atoms with van der Waals surface area (Å²) in [5.41, 5.74) is 4.78. The van der Waals surface area contributed by atoms with E-state index in [0.29, 0.717) is 6.54 Å². The number of primary amides is 1. The topological polar surface area (TPSA) is 81.4 Å². The van der Waals surface area contributed by atoms with Crippen LogP contribution < -0.4 is 11.1 Å².